The minimum absolute atomic E-state index is 0.0485. The number of thiophene rings is 1. The van der Waals surface area contributed by atoms with Crippen molar-refractivity contribution in [2.75, 3.05) is 23.3 Å². The molecular formula is C24H24F3N5OS. The van der Waals surface area contributed by atoms with Crippen LogP contribution in [0.5, 0.6) is 0 Å². The molecule has 2 fully saturated rings. The number of rotatable bonds is 5. The number of amides is 1. The summed E-state index contributed by atoms with van der Waals surface area (Å²) in [5.74, 6) is 0.796. The maximum atomic E-state index is 12.8. The molecule has 4 heterocycles. The number of hydrogen-bond acceptors (Lipinski definition) is 6. The molecule has 2 aromatic heterocycles. The number of halogens is 3. The molecule has 2 N–H and O–H groups in total. The molecule has 3 aromatic rings. The van der Waals surface area contributed by atoms with Gasteiger partial charge in [0, 0.05) is 41.7 Å². The van der Waals surface area contributed by atoms with Crippen molar-refractivity contribution in [1.82, 2.24) is 15.3 Å². The van der Waals surface area contributed by atoms with Gasteiger partial charge in [0.25, 0.3) is 0 Å². The largest absolute Gasteiger partial charge is 0.393 e. The Bertz CT molecular complexity index is 1270. The first-order valence-corrected chi connectivity index (χ1v) is 12.3. The van der Waals surface area contributed by atoms with Crippen LogP contribution in [0.15, 0.2) is 30.6 Å². The second kappa shape index (κ2) is 7.91. The molecule has 1 atom stereocenters. The van der Waals surface area contributed by atoms with Crippen LogP contribution in [-0.4, -0.2) is 41.2 Å². The smallest absolute Gasteiger partial charge is 0.355 e. The van der Waals surface area contributed by atoms with Gasteiger partial charge in [-0.15, -0.1) is 11.3 Å². The average molecular weight is 488 g/mol. The second-order valence-corrected chi connectivity index (χ2v) is 10.9. The normalized spacial score (nSPS) is 21.2. The van der Waals surface area contributed by atoms with Crippen molar-refractivity contribution in [3.8, 4) is 0 Å². The molecule has 34 heavy (non-hydrogen) atoms. The molecule has 1 saturated heterocycles. The monoisotopic (exact) mass is 487 g/mol. The van der Waals surface area contributed by atoms with Gasteiger partial charge < -0.3 is 15.5 Å². The van der Waals surface area contributed by atoms with Crippen molar-refractivity contribution >= 4 is 39.0 Å². The highest BCUT2D eigenvalue weighted by molar-refractivity contribution is 7.18. The van der Waals surface area contributed by atoms with E-state index in [9.17, 15) is 18.0 Å². The Morgan fingerprint density at radius 2 is 2.09 bits per heavy atom. The number of aromatic nitrogens is 2. The number of benzene rings is 1. The van der Waals surface area contributed by atoms with Crippen LogP contribution in [0.3, 0.4) is 0 Å². The van der Waals surface area contributed by atoms with Crippen molar-refractivity contribution in [1.29, 1.82) is 0 Å². The van der Waals surface area contributed by atoms with E-state index in [-0.39, 0.29) is 16.2 Å². The predicted octanol–water partition coefficient (Wildman–Crippen LogP) is 4.44. The zero-order valence-electron chi connectivity index (χ0n) is 18.4. The number of carbonyl (C=O) groups excluding carboxylic acids is 1. The maximum absolute atomic E-state index is 12.8. The third-order valence-corrected chi connectivity index (χ3v) is 8.23. The van der Waals surface area contributed by atoms with E-state index in [1.807, 2.05) is 6.07 Å². The molecule has 6 nitrogen and oxygen atoms in total. The van der Waals surface area contributed by atoms with E-state index in [1.165, 1.54) is 6.33 Å². The standard InChI is InChI=1S/C24H24F3N5OS/c25-24(26,27)9-17-7-18-21(29-13-30-22(18)34-17)32-11-23(12-32)4-3-16(8-23)28-10-14-1-2-15-6-20(33)31-19(15)5-14/h1-2,5,7,13,16,28H,3-4,6,8-12H2,(H,31,33)/t16-/m1/s1. The minimum atomic E-state index is -4.23. The fraction of sp³-hybridized carbons (Fsp3) is 0.458. The summed E-state index contributed by atoms with van der Waals surface area (Å²) in [6, 6.07) is 8.19. The molecule has 2 aliphatic heterocycles. The lowest BCUT2D eigenvalue weighted by Gasteiger charge is -2.49. The molecule has 6 rings (SSSR count). The molecular weight excluding hydrogens is 463 g/mol. The highest BCUT2D eigenvalue weighted by Gasteiger charge is 2.48. The van der Waals surface area contributed by atoms with Crippen LogP contribution in [-0.2, 0) is 24.2 Å². The molecule has 1 aromatic carbocycles. The molecule has 3 aliphatic rings. The van der Waals surface area contributed by atoms with E-state index >= 15 is 0 Å². The first-order valence-electron chi connectivity index (χ1n) is 11.5. The molecule has 0 bridgehead atoms. The second-order valence-electron chi connectivity index (χ2n) is 9.81. The molecule has 0 unspecified atom stereocenters. The first-order chi connectivity index (χ1) is 16.3. The van der Waals surface area contributed by atoms with Crippen molar-refractivity contribution in [2.45, 2.75) is 50.9 Å². The number of anilines is 2. The molecule has 1 saturated carbocycles. The molecule has 1 aliphatic carbocycles. The number of alkyl halides is 3. The number of nitrogens with one attached hydrogen (secondary N) is 2. The summed E-state index contributed by atoms with van der Waals surface area (Å²) in [5, 5.41) is 7.30. The van der Waals surface area contributed by atoms with Crippen LogP contribution in [0.4, 0.5) is 24.7 Å². The third-order valence-electron chi connectivity index (χ3n) is 7.18. The van der Waals surface area contributed by atoms with Crippen LogP contribution >= 0.6 is 11.3 Å². The fourth-order valence-electron chi connectivity index (χ4n) is 5.65. The van der Waals surface area contributed by atoms with Gasteiger partial charge in [0.1, 0.15) is 17.0 Å². The molecule has 178 valence electrons. The quantitative estimate of drug-likeness (QED) is 0.557. The number of nitrogens with zero attached hydrogens (tertiary/aromatic N) is 3. The van der Waals surface area contributed by atoms with Crippen LogP contribution in [0.25, 0.3) is 10.2 Å². The third kappa shape index (κ3) is 4.13. The van der Waals surface area contributed by atoms with Gasteiger partial charge >= 0.3 is 6.18 Å². The van der Waals surface area contributed by atoms with Gasteiger partial charge in [-0.05, 0) is 42.5 Å². The first kappa shape index (κ1) is 21.8. The van der Waals surface area contributed by atoms with Crippen LogP contribution in [0.1, 0.15) is 35.3 Å². The SMILES string of the molecule is O=C1Cc2ccc(CN[C@@H]3CCC4(C3)CN(c3ncnc5sc(CC(F)(F)F)cc35)C4)cc2N1. The van der Waals surface area contributed by atoms with E-state index in [2.05, 4.69) is 37.6 Å². The average Bonchev–Trinajstić information content (AvgIpc) is 3.44. The Balaban J connectivity index is 1.07. The number of carbonyl (C=O) groups is 1. The number of hydrogen-bond donors (Lipinski definition) is 2. The van der Waals surface area contributed by atoms with E-state index in [1.54, 1.807) is 6.07 Å². The lowest BCUT2D eigenvalue weighted by Crippen LogP contribution is -2.56. The van der Waals surface area contributed by atoms with Crippen LogP contribution < -0.4 is 15.5 Å². The Kier molecular flexibility index (Phi) is 5.07. The Morgan fingerprint density at radius 1 is 1.24 bits per heavy atom. The van der Waals surface area contributed by atoms with Gasteiger partial charge in [-0.1, -0.05) is 12.1 Å². The summed E-state index contributed by atoms with van der Waals surface area (Å²) in [6.45, 7) is 2.50. The maximum Gasteiger partial charge on any atom is 0.393 e. The topological polar surface area (TPSA) is 70.2 Å². The number of fused-ring (bicyclic) bond motifs is 2. The highest BCUT2D eigenvalue weighted by Crippen LogP contribution is 2.48. The zero-order valence-corrected chi connectivity index (χ0v) is 19.2. The van der Waals surface area contributed by atoms with Gasteiger partial charge in [-0.25, -0.2) is 9.97 Å². The highest BCUT2D eigenvalue weighted by atomic mass is 32.1. The fourth-order valence-corrected chi connectivity index (χ4v) is 6.67. The molecule has 1 spiro atoms. The van der Waals surface area contributed by atoms with Gasteiger partial charge in [0.05, 0.1) is 18.2 Å². The Morgan fingerprint density at radius 3 is 2.91 bits per heavy atom. The van der Waals surface area contributed by atoms with Crippen LogP contribution in [0.2, 0.25) is 0 Å². The molecule has 0 radical (unpaired) electrons. The van der Waals surface area contributed by atoms with Gasteiger partial charge in [-0.2, -0.15) is 13.2 Å². The summed E-state index contributed by atoms with van der Waals surface area (Å²) in [4.78, 5) is 23.2. The minimum Gasteiger partial charge on any atom is -0.355 e. The van der Waals surface area contributed by atoms with Gasteiger partial charge in [-0.3, -0.25) is 4.79 Å². The summed E-state index contributed by atoms with van der Waals surface area (Å²) in [5.41, 5.74) is 3.36. The van der Waals surface area contributed by atoms with Crippen molar-refractivity contribution in [2.24, 2.45) is 5.41 Å². The van der Waals surface area contributed by atoms with Gasteiger partial charge in [0.2, 0.25) is 5.91 Å². The van der Waals surface area contributed by atoms with E-state index in [0.29, 0.717) is 17.3 Å². The summed E-state index contributed by atoms with van der Waals surface area (Å²) < 4.78 is 38.5. The molecule has 10 heteroatoms. The van der Waals surface area contributed by atoms with Gasteiger partial charge in [0.15, 0.2) is 0 Å². The lowest BCUT2D eigenvalue weighted by molar-refractivity contribution is -0.126. The Hall–Kier alpha value is -2.72. The lowest BCUT2D eigenvalue weighted by atomic mass is 9.78. The van der Waals surface area contributed by atoms with Crippen molar-refractivity contribution in [3.05, 3.63) is 46.6 Å². The Labute approximate surface area is 198 Å². The summed E-state index contributed by atoms with van der Waals surface area (Å²) in [7, 11) is 0. The van der Waals surface area contributed by atoms with Crippen molar-refractivity contribution in [3.63, 3.8) is 0 Å². The van der Waals surface area contributed by atoms with Crippen molar-refractivity contribution < 1.29 is 18.0 Å². The summed E-state index contributed by atoms with van der Waals surface area (Å²) >= 11 is 1.10. The van der Waals surface area contributed by atoms with E-state index < -0.39 is 12.6 Å². The van der Waals surface area contributed by atoms with E-state index in [0.717, 1.165) is 78.3 Å². The predicted molar refractivity (Wildman–Crippen MR) is 125 cm³/mol. The summed E-state index contributed by atoms with van der Waals surface area (Å²) in [6.07, 6.45) is 0.0486. The zero-order chi connectivity index (χ0) is 23.5. The van der Waals surface area contributed by atoms with E-state index in [4.69, 9.17) is 0 Å². The van der Waals surface area contributed by atoms with Crippen LogP contribution in [0, 0.1) is 5.41 Å². The molecule has 1 amide bonds.